The third-order valence-electron chi connectivity index (χ3n) is 4.98. The molecule has 6 nitrogen and oxygen atoms in total. The van der Waals surface area contributed by atoms with Crippen molar-refractivity contribution in [2.45, 2.75) is 13.3 Å². The molecule has 0 unspecified atom stereocenters. The number of nitrogens with zero attached hydrogens (tertiary/aromatic N) is 4. The maximum absolute atomic E-state index is 14.5. The lowest BCUT2D eigenvalue weighted by atomic mass is 10.0. The van der Waals surface area contributed by atoms with Gasteiger partial charge in [0, 0.05) is 43.0 Å². The molecule has 0 saturated heterocycles. The number of aryl methyl sites for hydroxylation is 2. The Morgan fingerprint density at radius 1 is 1.06 bits per heavy atom. The van der Waals surface area contributed by atoms with Crippen LogP contribution < -0.4 is 10.1 Å². The van der Waals surface area contributed by atoms with Gasteiger partial charge in [-0.05, 0) is 36.6 Å². The van der Waals surface area contributed by atoms with Crippen LogP contribution in [-0.4, -0.2) is 33.4 Å². The average molecular weight is 417 g/mol. The fourth-order valence-electron chi connectivity index (χ4n) is 3.44. The summed E-state index contributed by atoms with van der Waals surface area (Å²) in [6, 6.07) is 14.9. The molecule has 31 heavy (non-hydrogen) atoms. The number of anilines is 1. The van der Waals surface area contributed by atoms with Crippen molar-refractivity contribution in [1.29, 1.82) is 0 Å². The van der Waals surface area contributed by atoms with Crippen LogP contribution in [-0.2, 0) is 13.5 Å². The number of methoxy groups -OCH3 is 1. The Morgan fingerprint density at radius 2 is 1.94 bits per heavy atom. The van der Waals surface area contributed by atoms with E-state index in [-0.39, 0.29) is 5.82 Å². The van der Waals surface area contributed by atoms with E-state index in [1.54, 1.807) is 29.8 Å². The summed E-state index contributed by atoms with van der Waals surface area (Å²) < 4.78 is 21.3. The maximum Gasteiger partial charge on any atom is 0.136 e. The van der Waals surface area contributed by atoms with E-state index in [1.165, 1.54) is 18.7 Å². The normalized spacial score (nSPS) is 10.8. The van der Waals surface area contributed by atoms with Crippen LogP contribution >= 0.6 is 0 Å². The smallest absolute Gasteiger partial charge is 0.136 e. The summed E-state index contributed by atoms with van der Waals surface area (Å²) in [6.45, 7) is 2.49. The van der Waals surface area contributed by atoms with Gasteiger partial charge in [-0.25, -0.2) is 14.4 Å². The molecule has 7 heteroatoms. The molecule has 0 aliphatic rings. The number of rotatable bonds is 7. The van der Waals surface area contributed by atoms with Gasteiger partial charge in [-0.3, -0.25) is 4.68 Å². The first-order valence-corrected chi connectivity index (χ1v) is 10.0. The Hall–Kier alpha value is -3.74. The van der Waals surface area contributed by atoms with Crippen molar-refractivity contribution in [3.63, 3.8) is 0 Å². The molecular formula is C24H24FN5O. The number of nitrogens with one attached hydrogen (secondary N) is 1. The van der Waals surface area contributed by atoms with Crippen LogP contribution in [0.15, 0.2) is 60.9 Å². The number of ether oxygens (including phenoxy) is 1. The molecule has 4 aromatic rings. The zero-order valence-corrected chi connectivity index (χ0v) is 17.8. The van der Waals surface area contributed by atoms with E-state index < -0.39 is 0 Å². The number of aromatic nitrogens is 4. The lowest BCUT2D eigenvalue weighted by molar-refractivity contribution is 0.411. The number of benzene rings is 2. The Balaban J connectivity index is 1.46. The second-order valence-electron chi connectivity index (χ2n) is 7.31. The Kier molecular flexibility index (Phi) is 5.93. The van der Waals surface area contributed by atoms with Crippen molar-refractivity contribution >= 4 is 5.82 Å². The van der Waals surface area contributed by atoms with Crippen LogP contribution in [0.4, 0.5) is 10.2 Å². The van der Waals surface area contributed by atoms with E-state index in [1.807, 2.05) is 19.4 Å². The summed E-state index contributed by atoms with van der Waals surface area (Å²) in [7, 11) is 3.42. The molecule has 0 amide bonds. The van der Waals surface area contributed by atoms with Crippen molar-refractivity contribution in [2.75, 3.05) is 19.0 Å². The predicted octanol–water partition coefficient (Wildman–Crippen LogP) is 4.65. The summed E-state index contributed by atoms with van der Waals surface area (Å²) >= 11 is 0. The highest BCUT2D eigenvalue weighted by molar-refractivity contribution is 5.64. The molecule has 2 aromatic carbocycles. The molecule has 0 bridgehead atoms. The number of hydrogen-bond acceptors (Lipinski definition) is 5. The molecule has 0 aliphatic heterocycles. The van der Waals surface area contributed by atoms with Crippen LogP contribution in [0, 0.1) is 12.7 Å². The van der Waals surface area contributed by atoms with E-state index in [0.717, 1.165) is 17.5 Å². The Labute approximate surface area is 180 Å². The summed E-state index contributed by atoms with van der Waals surface area (Å²) in [4.78, 5) is 8.84. The largest absolute Gasteiger partial charge is 0.497 e. The van der Waals surface area contributed by atoms with Crippen LogP contribution in [0.3, 0.4) is 0 Å². The molecule has 4 rings (SSSR count). The van der Waals surface area contributed by atoms with Gasteiger partial charge in [-0.15, -0.1) is 0 Å². The van der Waals surface area contributed by atoms with Gasteiger partial charge in [-0.2, -0.15) is 5.10 Å². The minimum Gasteiger partial charge on any atom is -0.497 e. The fourth-order valence-corrected chi connectivity index (χ4v) is 3.44. The second-order valence-corrected chi connectivity index (χ2v) is 7.31. The van der Waals surface area contributed by atoms with Gasteiger partial charge in [0.1, 0.15) is 23.2 Å². The summed E-state index contributed by atoms with van der Waals surface area (Å²) in [5, 5.41) is 7.57. The molecule has 0 saturated carbocycles. The molecule has 0 radical (unpaired) electrons. The highest BCUT2D eigenvalue weighted by Crippen LogP contribution is 2.26. The first-order chi connectivity index (χ1) is 15.0. The van der Waals surface area contributed by atoms with E-state index in [2.05, 4.69) is 44.6 Å². The van der Waals surface area contributed by atoms with E-state index >= 15 is 0 Å². The highest BCUT2D eigenvalue weighted by Gasteiger charge is 2.11. The van der Waals surface area contributed by atoms with Gasteiger partial charge in [0.05, 0.1) is 19.0 Å². The van der Waals surface area contributed by atoms with Crippen molar-refractivity contribution < 1.29 is 9.13 Å². The van der Waals surface area contributed by atoms with Crippen molar-refractivity contribution in [3.05, 3.63) is 78.1 Å². The van der Waals surface area contributed by atoms with Gasteiger partial charge >= 0.3 is 0 Å². The average Bonchev–Trinajstić information content (AvgIpc) is 3.20. The third kappa shape index (κ3) is 4.88. The van der Waals surface area contributed by atoms with Crippen molar-refractivity contribution in [3.8, 4) is 28.1 Å². The lowest BCUT2D eigenvalue weighted by Crippen LogP contribution is -2.08. The molecular weight excluding hydrogens is 393 g/mol. The van der Waals surface area contributed by atoms with Gasteiger partial charge in [-0.1, -0.05) is 24.3 Å². The molecule has 2 aromatic heterocycles. The monoisotopic (exact) mass is 417 g/mol. The van der Waals surface area contributed by atoms with Crippen LogP contribution in [0.2, 0.25) is 0 Å². The third-order valence-corrected chi connectivity index (χ3v) is 4.98. The molecule has 2 heterocycles. The van der Waals surface area contributed by atoms with Gasteiger partial charge in [0.2, 0.25) is 0 Å². The van der Waals surface area contributed by atoms with E-state index in [0.29, 0.717) is 35.2 Å². The van der Waals surface area contributed by atoms with E-state index in [9.17, 15) is 4.39 Å². The predicted molar refractivity (Wildman–Crippen MR) is 120 cm³/mol. The summed E-state index contributed by atoms with van der Waals surface area (Å²) in [6.07, 6.45) is 4.69. The minimum atomic E-state index is -0.379. The van der Waals surface area contributed by atoms with Gasteiger partial charge < -0.3 is 10.1 Å². The van der Waals surface area contributed by atoms with Crippen molar-refractivity contribution in [2.24, 2.45) is 7.05 Å². The maximum atomic E-state index is 14.5. The number of halogens is 1. The minimum absolute atomic E-state index is 0.379. The molecule has 0 fully saturated rings. The molecule has 1 N–H and O–H groups in total. The SMILES string of the molecule is COc1ccc(-c2cc(NCCc3cccc(-c4cnn(C)c4)c3)nc(C)n2)c(F)c1. The zero-order valence-electron chi connectivity index (χ0n) is 17.8. The first kappa shape index (κ1) is 20.5. The number of hydrogen-bond donors (Lipinski definition) is 1. The topological polar surface area (TPSA) is 64.9 Å². The molecule has 0 aliphatic carbocycles. The Bertz CT molecular complexity index is 1200. The van der Waals surface area contributed by atoms with Crippen LogP contribution in [0.25, 0.3) is 22.4 Å². The van der Waals surface area contributed by atoms with E-state index in [4.69, 9.17) is 4.74 Å². The highest BCUT2D eigenvalue weighted by atomic mass is 19.1. The fraction of sp³-hybridized carbons (Fsp3) is 0.208. The summed E-state index contributed by atoms with van der Waals surface area (Å²) in [5.41, 5.74) is 4.39. The van der Waals surface area contributed by atoms with Crippen molar-refractivity contribution in [1.82, 2.24) is 19.7 Å². The second kappa shape index (κ2) is 8.95. The summed E-state index contributed by atoms with van der Waals surface area (Å²) in [5.74, 6) is 1.34. The standard InChI is InChI=1S/C24H24FN5O/c1-16-28-23(21-8-7-20(31-3)12-22(21)25)13-24(29-16)26-10-9-17-5-4-6-18(11-17)19-14-27-30(2)15-19/h4-8,11-15H,9-10H2,1-3H3,(H,26,28,29). The molecule has 0 spiro atoms. The van der Waals surface area contributed by atoms with Gasteiger partial charge in [0.15, 0.2) is 0 Å². The molecule has 158 valence electrons. The van der Waals surface area contributed by atoms with Crippen LogP contribution in [0.1, 0.15) is 11.4 Å². The van der Waals surface area contributed by atoms with Gasteiger partial charge in [0.25, 0.3) is 0 Å². The quantitative estimate of drug-likeness (QED) is 0.474. The first-order valence-electron chi connectivity index (χ1n) is 10.0. The molecule has 0 atom stereocenters. The Morgan fingerprint density at radius 3 is 2.68 bits per heavy atom. The van der Waals surface area contributed by atoms with Crippen LogP contribution in [0.5, 0.6) is 5.75 Å². The lowest BCUT2D eigenvalue weighted by Gasteiger charge is -2.10. The zero-order chi connectivity index (χ0) is 21.8.